The van der Waals surface area contributed by atoms with E-state index in [1.54, 1.807) is 7.11 Å². The second-order valence-electron chi connectivity index (χ2n) is 5.01. The maximum atomic E-state index is 11.0. The largest absolute Gasteiger partial charge is 0.495 e. The van der Waals surface area contributed by atoms with Crippen LogP contribution in [0.4, 0.5) is 11.4 Å². The van der Waals surface area contributed by atoms with E-state index in [4.69, 9.17) is 4.74 Å². The molecule has 0 atom stereocenters. The highest BCUT2D eigenvalue weighted by atomic mass is 16.5. The van der Waals surface area contributed by atoms with Crippen LogP contribution < -0.4 is 15.4 Å². The predicted molar refractivity (Wildman–Crippen MR) is 73.1 cm³/mol. The fourth-order valence-electron chi connectivity index (χ4n) is 2.34. The Morgan fingerprint density at radius 1 is 1.39 bits per heavy atom. The molecule has 0 radical (unpaired) electrons. The van der Waals surface area contributed by atoms with Gasteiger partial charge in [0.05, 0.1) is 12.8 Å². The van der Waals surface area contributed by atoms with Gasteiger partial charge in [0.1, 0.15) is 5.75 Å². The van der Waals surface area contributed by atoms with Gasteiger partial charge in [-0.15, -0.1) is 0 Å². The van der Waals surface area contributed by atoms with E-state index in [2.05, 4.69) is 17.6 Å². The Morgan fingerprint density at radius 2 is 2.11 bits per heavy atom. The molecule has 0 bridgehead atoms. The van der Waals surface area contributed by atoms with Crippen molar-refractivity contribution in [3.63, 3.8) is 0 Å². The molecular formula is C14H20N2O2. The molecule has 1 aliphatic rings. The Balaban J connectivity index is 2.11. The number of carbonyl (C=O) groups is 1. The molecule has 0 saturated heterocycles. The number of amides is 1. The fourth-order valence-corrected chi connectivity index (χ4v) is 2.34. The number of rotatable bonds is 4. The van der Waals surface area contributed by atoms with Crippen LogP contribution in [0.15, 0.2) is 18.2 Å². The monoisotopic (exact) mass is 248 g/mol. The van der Waals surface area contributed by atoms with Crippen LogP contribution in [0, 0.1) is 5.92 Å². The minimum atomic E-state index is -0.0663. The molecule has 0 heterocycles. The van der Waals surface area contributed by atoms with Gasteiger partial charge in [-0.25, -0.2) is 0 Å². The third-order valence-electron chi connectivity index (χ3n) is 3.25. The van der Waals surface area contributed by atoms with Crippen molar-refractivity contribution in [3.05, 3.63) is 18.2 Å². The van der Waals surface area contributed by atoms with E-state index in [1.165, 1.54) is 19.8 Å². The van der Waals surface area contributed by atoms with Crippen molar-refractivity contribution in [1.82, 2.24) is 0 Å². The van der Waals surface area contributed by atoms with E-state index >= 15 is 0 Å². The van der Waals surface area contributed by atoms with Gasteiger partial charge in [0.25, 0.3) is 0 Å². The van der Waals surface area contributed by atoms with Gasteiger partial charge in [0, 0.05) is 18.7 Å². The van der Waals surface area contributed by atoms with Crippen molar-refractivity contribution in [2.24, 2.45) is 5.92 Å². The van der Waals surface area contributed by atoms with E-state index in [1.807, 2.05) is 18.2 Å². The molecule has 2 rings (SSSR count). The van der Waals surface area contributed by atoms with E-state index in [0.717, 1.165) is 23.0 Å². The zero-order valence-corrected chi connectivity index (χ0v) is 11.1. The topological polar surface area (TPSA) is 50.4 Å². The molecule has 0 aliphatic heterocycles. The Labute approximate surface area is 108 Å². The first-order chi connectivity index (χ1) is 8.58. The molecule has 1 aromatic rings. The standard InChI is InChI=1S/C14H20N2O2/c1-9-6-12(7-9)16-13-8-11(15-10(2)17)4-5-14(13)18-3/h4-5,8-9,12,16H,6-7H2,1-3H3,(H,15,17). The minimum Gasteiger partial charge on any atom is -0.495 e. The summed E-state index contributed by atoms with van der Waals surface area (Å²) in [6.45, 7) is 3.76. The summed E-state index contributed by atoms with van der Waals surface area (Å²) in [6.07, 6.45) is 2.38. The number of carbonyl (C=O) groups excluding carboxylic acids is 1. The van der Waals surface area contributed by atoms with Gasteiger partial charge in [-0.05, 0) is 37.0 Å². The van der Waals surface area contributed by atoms with Crippen LogP contribution in [-0.2, 0) is 4.79 Å². The summed E-state index contributed by atoms with van der Waals surface area (Å²) < 4.78 is 5.33. The lowest BCUT2D eigenvalue weighted by atomic mass is 9.82. The van der Waals surface area contributed by atoms with Crippen LogP contribution >= 0.6 is 0 Å². The summed E-state index contributed by atoms with van der Waals surface area (Å²) in [7, 11) is 1.65. The first kappa shape index (κ1) is 12.7. The molecule has 1 amide bonds. The summed E-state index contributed by atoms with van der Waals surface area (Å²) in [5.74, 6) is 1.54. The quantitative estimate of drug-likeness (QED) is 0.861. The number of benzene rings is 1. The molecule has 2 N–H and O–H groups in total. The molecule has 4 nitrogen and oxygen atoms in total. The average molecular weight is 248 g/mol. The maximum absolute atomic E-state index is 11.0. The van der Waals surface area contributed by atoms with Crippen molar-refractivity contribution < 1.29 is 9.53 Å². The lowest BCUT2D eigenvalue weighted by Crippen LogP contribution is -2.33. The zero-order valence-electron chi connectivity index (χ0n) is 11.1. The second-order valence-corrected chi connectivity index (χ2v) is 5.01. The van der Waals surface area contributed by atoms with Gasteiger partial charge in [0.15, 0.2) is 0 Å². The smallest absolute Gasteiger partial charge is 0.221 e. The van der Waals surface area contributed by atoms with Crippen molar-refractivity contribution in [1.29, 1.82) is 0 Å². The van der Waals surface area contributed by atoms with Crippen LogP contribution in [0.25, 0.3) is 0 Å². The Hall–Kier alpha value is -1.71. The molecule has 1 saturated carbocycles. The SMILES string of the molecule is COc1ccc(NC(C)=O)cc1NC1CC(C)C1. The van der Waals surface area contributed by atoms with Gasteiger partial charge in [-0.2, -0.15) is 0 Å². The van der Waals surface area contributed by atoms with Crippen LogP contribution in [0.5, 0.6) is 5.75 Å². The fraction of sp³-hybridized carbons (Fsp3) is 0.500. The van der Waals surface area contributed by atoms with Crippen LogP contribution in [0.1, 0.15) is 26.7 Å². The van der Waals surface area contributed by atoms with Gasteiger partial charge in [-0.1, -0.05) is 6.92 Å². The normalized spacial score (nSPS) is 21.9. The summed E-state index contributed by atoms with van der Waals surface area (Å²) in [4.78, 5) is 11.0. The van der Waals surface area contributed by atoms with E-state index < -0.39 is 0 Å². The predicted octanol–water partition coefficient (Wildman–Crippen LogP) is 2.86. The molecule has 0 aromatic heterocycles. The van der Waals surface area contributed by atoms with Gasteiger partial charge in [0.2, 0.25) is 5.91 Å². The second kappa shape index (κ2) is 5.29. The minimum absolute atomic E-state index is 0.0663. The molecule has 1 aliphatic carbocycles. The Kier molecular flexibility index (Phi) is 3.75. The van der Waals surface area contributed by atoms with Gasteiger partial charge < -0.3 is 15.4 Å². The first-order valence-electron chi connectivity index (χ1n) is 6.30. The maximum Gasteiger partial charge on any atom is 0.221 e. The van der Waals surface area contributed by atoms with E-state index in [9.17, 15) is 4.79 Å². The molecule has 18 heavy (non-hydrogen) atoms. The number of ether oxygens (including phenoxy) is 1. The molecule has 4 heteroatoms. The summed E-state index contributed by atoms with van der Waals surface area (Å²) in [5.41, 5.74) is 1.74. The number of nitrogens with one attached hydrogen (secondary N) is 2. The lowest BCUT2D eigenvalue weighted by Gasteiger charge is -2.34. The van der Waals surface area contributed by atoms with Crippen molar-refractivity contribution in [2.45, 2.75) is 32.7 Å². The third-order valence-corrected chi connectivity index (χ3v) is 3.25. The van der Waals surface area contributed by atoms with Crippen LogP contribution in [0.2, 0.25) is 0 Å². The highest BCUT2D eigenvalue weighted by Gasteiger charge is 2.25. The van der Waals surface area contributed by atoms with Crippen LogP contribution in [0.3, 0.4) is 0 Å². The van der Waals surface area contributed by atoms with Crippen molar-refractivity contribution in [3.8, 4) is 5.75 Å². The van der Waals surface area contributed by atoms with Crippen molar-refractivity contribution >= 4 is 17.3 Å². The van der Waals surface area contributed by atoms with Gasteiger partial charge in [-0.3, -0.25) is 4.79 Å². The zero-order chi connectivity index (χ0) is 13.1. The van der Waals surface area contributed by atoms with E-state index in [0.29, 0.717) is 6.04 Å². The molecule has 98 valence electrons. The average Bonchev–Trinajstić information content (AvgIpc) is 2.26. The summed E-state index contributed by atoms with van der Waals surface area (Å²) >= 11 is 0. The van der Waals surface area contributed by atoms with Crippen LogP contribution in [-0.4, -0.2) is 19.1 Å². The van der Waals surface area contributed by atoms with E-state index in [-0.39, 0.29) is 5.91 Å². The Morgan fingerprint density at radius 3 is 2.67 bits per heavy atom. The van der Waals surface area contributed by atoms with Crippen molar-refractivity contribution in [2.75, 3.05) is 17.7 Å². The highest BCUT2D eigenvalue weighted by molar-refractivity contribution is 5.89. The number of methoxy groups -OCH3 is 1. The molecule has 1 fully saturated rings. The Bertz CT molecular complexity index is 439. The molecular weight excluding hydrogens is 228 g/mol. The number of hydrogen-bond acceptors (Lipinski definition) is 3. The first-order valence-corrected chi connectivity index (χ1v) is 6.30. The number of anilines is 2. The lowest BCUT2D eigenvalue weighted by molar-refractivity contribution is -0.114. The molecule has 1 aromatic carbocycles. The summed E-state index contributed by atoms with van der Waals surface area (Å²) in [6, 6.07) is 6.15. The summed E-state index contributed by atoms with van der Waals surface area (Å²) in [5, 5.41) is 6.25. The number of hydrogen-bond donors (Lipinski definition) is 2. The third kappa shape index (κ3) is 2.94. The molecule has 0 spiro atoms. The van der Waals surface area contributed by atoms with Gasteiger partial charge >= 0.3 is 0 Å². The molecule has 0 unspecified atom stereocenters. The highest BCUT2D eigenvalue weighted by Crippen LogP contribution is 2.34.